The van der Waals surface area contributed by atoms with Crippen molar-refractivity contribution >= 4 is 17.9 Å². The number of hydrogen-bond donors (Lipinski definition) is 2. The van der Waals surface area contributed by atoms with Gasteiger partial charge in [-0.3, -0.25) is 4.79 Å². The van der Waals surface area contributed by atoms with Crippen LogP contribution in [0.2, 0.25) is 0 Å². The number of aliphatic hydroxyl groups is 2. The van der Waals surface area contributed by atoms with E-state index in [0.717, 1.165) is 38.5 Å². The summed E-state index contributed by atoms with van der Waals surface area (Å²) in [6.07, 6.45) is 41.3. The van der Waals surface area contributed by atoms with Crippen LogP contribution in [0.15, 0.2) is 0 Å². The Morgan fingerprint density at radius 2 is 0.642 bits per heavy atom. The maximum Gasteiger partial charge on any atom is 0.305 e. The molecule has 0 aliphatic heterocycles. The summed E-state index contributed by atoms with van der Waals surface area (Å²) in [4.78, 5) is 31.6. The normalized spacial score (nSPS) is 11.3. The molecule has 0 aromatic rings. The van der Waals surface area contributed by atoms with Gasteiger partial charge in [-0.05, 0) is 32.1 Å². The maximum atomic E-state index is 11.3. The van der Waals surface area contributed by atoms with Crippen LogP contribution in [0.3, 0.4) is 0 Å². The van der Waals surface area contributed by atoms with Gasteiger partial charge < -0.3 is 34.8 Å². The SMILES string of the molecule is CCCCCCCCCCCCCC(=O)OCC(O)CO.CCCCCCCCCCCCCC(=O)[O-].CCCCCCCCCCCCCC(=O)[O-]. The van der Waals surface area contributed by atoms with Crippen LogP contribution in [-0.4, -0.2) is 47.4 Å². The van der Waals surface area contributed by atoms with Crippen LogP contribution < -0.4 is 10.2 Å². The fourth-order valence-electron chi connectivity index (χ4n) is 6.11. The summed E-state index contributed by atoms with van der Waals surface area (Å²) in [6, 6.07) is 0. The molecule has 53 heavy (non-hydrogen) atoms. The number of carboxylic acid groups (broad SMARTS) is 2. The topological polar surface area (TPSA) is 147 Å². The number of rotatable bonds is 39. The van der Waals surface area contributed by atoms with E-state index >= 15 is 0 Å². The van der Waals surface area contributed by atoms with E-state index in [2.05, 4.69) is 20.8 Å². The molecule has 0 saturated carbocycles. The van der Waals surface area contributed by atoms with Gasteiger partial charge in [0.2, 0.25) is 0 Å². The van der Waals surface area contributed by atoms with Gasteiger partial charge in [0.1, 0.15) is 12.7 Å². The lowest BCUT2D eigenvalue weighted by atomic mass is 10.1. The summed E-state index contributed by atoms with van der Waals surface area (Å²) in [5, 5.41) is 37.9. The predicted octanol–water partition coefficient (Wildman–Crippen LogP) is 10.5. The fourth-order valence-corrected chi connectivity index (χ4v) is 6.11. The minimum absolute atomic E-state index is 0.104. The van der Waals surface area contributed by atoms with Gasteiger partial charge in [-0.15, -0.1) is 0 Å². The van der Waals surface area contributed by atoms with E-state index in [0.29, 0.717) is 6.42 Å². The lowest BCUT2D eigenvalue weighted by molar-refractivity contribution is -0.307. The molecule has 318 valence electrons. The van der Waals surface area contributed by atoms with Crippen LogP contribution in [-0.2, 0) is 19.1 Å². The molecule has 2 N–H and O–H groups in total. The number of aliphatic carboxylic acids is 2. The van der Waals surface area contributed by atoms with E-state index < -0.39 is 18.0 Å². The van der Waals surface area contributed by atoms with E-state index in [9.17, 15) is 24.6 Å². The molecular formula is C45H88O8-2. The highest BCUT2D eigenvalue weighted by atomic mass is 16.5. The summed E-state index contributed by atoms with van der Waals surface area (Å²) >= 11 is 0. The highest BCUT2D eigenvalue weighted by Crippen LogP contribution is 2.14. The average molecular weight is 757 g/mol. The van der Waals surface area contributed by atoms with Crippen molar-refractivity contribution in [1.29, 1.82) is 0 Å². The Labute approximate surface area is 328 Å². The van der Waals surface area contributed by atoms with Gasteiger partial charge in [0.15, 0.2) is 0 Å². The van der Waals surface area contributed by atoms with Gasteiger partial charge in [-0.2, -0.15) is 0 Å². The summed E-state index contributed by atoms with van der Waals surface area (Å²) in [5.41, 5.74) is 0. The fraction of sp³-hybridized carbons (Fsp3) is 0.933. The molecule has 1 unspecified atom stereocenters. The Hall–Kier alpha value is -1.67. The number of hydrogen-bond acceptors (Lipinski definition) is 8. The van der Waals surface area contributed by atoms with Crippen molar-refractivity contribution in [3.05, 3.63) is 0 Å². The Kier molecular flexibility index (Phi) is 52.9. The molecule has 0 aliphatic rings. The summed E-state index contributed by atoms with van der Waals surface area (Å²) in [7, 11) is 0. The van der Waals surface area contributed by atoms with Crippen LogP contribution in [0.1, 0.15) is 252 Å². The second kappa shape index (κ2) is 50.3. The van der Waals surface area contributed by atoms with Crippen LogP contribution in [0.4, 0.5) is 0 Å². The number of carboxylic acids is 2. The lowest BCUT2D eigenvalue weighted by Gasteiger charge is -2.08. The van der Waals surface area contributed by atoms with Crippen LogP contribution in [0.25, 0.3) is 0 Å². The summed E-state index contributed by atoms with van der Waals surface area (Å²) in [6.45, 7) is 6.25. The molecule has 0 heterocycles. The summed E-state index contributed by atoms with van der Waals surface area (Å²) in [5.74, 6) is -2.09. The van der Waals surface area contributed by atoms with Gasteiger partial charge in [-0.1, -0.05) is 213 Å². The van der Waals surface area contributed by atoms with Crippen molar-refractivity contribution in [3.8, 4) is 0 Å². The molecule has 8 nitrogen and oxygen atoms in total. The van der Waals surface area contributed by atoms with E-state index in [1.165, 1.54) is 173 Å². The van der Waals surface area contributed by atoms with E-state index in [-0.39, 0.29) is 32.0 Å². The van der Waals surface area contributed by atoms with E-state index in [4.69, 9.17) is 14.9 Å². The van der Waals surface area contributed by atoms with Crippen LogP contribution in [0.5, 0.6) is 0 Å². The number of ether oxygens (including phenoxy) is 1. The molecular weight excluding hydrogens is 668 g/mol. The van der Waals surface area contributed by atoms with Crippen LogP contribution >= 0.6 is 0 Å². The van der Waals surface area contributed by atoms with Gasteiger partial charge in [0.25, 0.3) is 0 Å². The Morgan fingerprint density at radius 3 is 0.868 bits per heavy atom. The molecule has 0 bridgehead atoms. The van der Waals surface area contributed by atoms with Gasteiger partial charge in [0, 0.05) is 18.4 Å². The first-order valence-corrected chi connectivity index (χ1v) is 22.6. The molecule has 0 radical (unpaired) electrons. The molecule has 8 heteroatoms. The predicted molar refractivity (Wildman–Crippen MR) is 217 cm³/mol. The molecule has 0 aromatic heterocycles. The number of esters is 1. The zero-order valence-corrected chi connectivity index (χ0v) is 35.3. The van der Waals surface area contributed by atoms with Crippen molar-refractivity contribution in [2.24, 2.45) is 0 Å². The number of carbonyl (C=O) groups is 3. The standard InChI is InChI=1S/C17H34O4.2C14H28O2/c1-2-3-4-5-6-7-8-9-10-11-12-13-17(20)21-15-16(19)14-18;2*1-2-3-4-5-6-7-8-9-10-11-12-13-14(15)16/h16,18-19H,2-15H2,1H3;2*2-13H2,1H3,(H,15,16)/p-2. The Bertz CT molecular complexity index is 693. The monoisotopic (exact) mass is 757 g/mol. The third-order valence-corrected chi connectivity index (χ3v) is 9.60. The second-order valence-electron chi connectivity index (χ2n) is 15.1. The second-order valence-corrected chi connectivity index (χ2v) is 15.1. The first kappa shape index (κ1) is 55.7. The molecule has 0 aromatic carbocycles. The van der Waals surface area contributed by atoms with Crippen LogP contribution in [0, 0.1) is 0 Å². The number of unbranched alkanes of at least 4 members (excludes halogenated alkanes) is 30. The average Bonchev–Trinajstić information content (AvgIpc) is 3.14. The molecule has 0 rings (SSSR count). The van der Waals surface area contributed by atoms with E-state index in [1.807, 2.05) is 0 Å². The van der Waals surface area contributed by atoms with Crippen molar-refractivity contribution in [3.63, 3.8) is 0 Å². The minimum Gasteiger partial charge on any atom is -0.550 e. The molecule has 0 fully saturated rings. The van der Waals surface area contributed by atoms with Gasteiger partial charge >= 0.3 is 5.97 Å². The van der Waals surface area contributed by atoms with Crippen molar-refractivity contribution in [1.82, 2.24) is 0 Å². The third kappa shape index (κ3) is 59.8. The Balaban J connectivity index is -0.000000718. The first-order chi connectivity index (χ1) is 25.7. The Morgan fingerprint density at radius 1 is 0.415 bits per heavy atom. The molecule has 0 spiro atoms. The van der Waals surface area contributed by atoms with Gasteiger partial charge in [-0.25, -0.2) is 0 Å². The van der Waals surface area contributed by atoms with E-state index in [1.54, 1.807) is 0 Å². The zero-order chi connectivity index (χ0) is 39.9. The smallest absolute Gasteiger partial charge is 0.305 e. The van der Waals surface area contributed by atoms with Gasteiger partial charge in [0.05, 0.1) is 6.61 Å². The quantitative estimate of drug-likeness (QED) is 0.0465. The first-order valence-electron chi connectivity index (χ1n) is 22.6. The number of aliphatic hydroxyl groups excluding tert-OH is 2. The zero-order valence-electron chi connectivity index (χ0n) is 35.3. The molecule has 1 atom stereocenters. The minimum atomic E-state index is -0.953. The summed E-state index contributed by atoms with van der Waals surface area (Å²) < 4.78 is 4.84. The molecule has 0 saturated heterocycles. The third-order valence-electron chi connectivity index (χ3n) is 9.60. The van der Waals surface area contributed by atoms with Crippen molar-refractivity contribution in [2.75, 3.05) is 13.2 Å². The molecule has 0 aliphatic carbocycles. The van der Waals surface area contributed by atoms with Crippen molar-refractivity contribution < 1.29 is 39.5 Å². The lowest BCUT2D eigenvalue weighted by Crippen LogP contribution is -2.21. The maximum absolute atomic E-state index is 11.3. The highest BCUT2D eigenvalue weighted by Gasteiger charge is 2.07. The van der Waals surface area contributed by atoms with Crippen molar-refractivity contribution in [2.45, 2.75) is 258 Å². The molecule has 0 amide bonds. The number of carbonyl (C=O) groups excluding carboxylic acids is 3. The largest absolute Gasteiger partial charge is 0.550 e. The highest BCUT2D eigenvalue weighted by molar-refractivity contribution is 5.69.